The number of benzene rings is 1. The molecule has 3 aliphatic rings. The summed E-state index contributed by atoms with van der Waals surface area (Å²) in [5.41, 5.74) is 4.79. The Labute approximate surface area is 188 Å². The Morgan fingerprint density at radius 1 is 0.906 bits per heavy atom. The van der Waals surface area contributed by atoms with E-state index in [0.29, 0.717) is 0 Å². The average molecular weight is 433 g/mol. The van der Waals surface area contributed by atoms with Crippen LogP contribution < -0.4 is 0 Å². The summed E-state index contributed by atoms with van der Waals surface area (Å²) in [6.07, 6.45) is 9.52. The van der Waals surface area contributed by atoms with Crippen molar-refractivity contribution >= 4 is 16.8 Å². The largest absolute Gasteiger partial charge is 0.358 e. The molecule has 1 N–H and O–H groups in total. The quantitative estimate of drug-likeness (QED) is 0.689. The number of carbonyl (C=O) groups excluding carboxylic acids is 1. The predicted octanol–water partition coefficient (Wildman–Crippen LogP) is 3.32. The number of amides is 1. The van der Waals surface area contributed by atoms with Gasteiger partial charge in [0.1, 0.15) is 11.6 Å². The summed E-state index contributed by atoms with van der Waals surface area (Å²) in [6.45, 7) is 5.18. The summed E-state index contributed by atoms with van der Waals surface area (Å²) in [5.74, 6) is 2.40. The van der Waals surface area contributed by atoms with Crippen molar-refractivity contribution in [2.24, 2.45) is 0 Å². The van der Waals surface area contributed by atoms with Gasteiger partial charge < -0.3 is 14.5 Å². The molecule has 4 heterocycles. The zero-order valence-corrected chi connectivity index (χ0v) is 18.8. The molecule has 2 aliphatic heterocycles. The second kappa shape index (κ2) is 8.35. The van der Waals surface area contributed by atoms with E-state index < -0.39 is 0 Å². The van der Waals surface area contributed by atoms with Crippen LogP contribution in [0.5, 0.6) is 0 Å². The third-order valence-corrected chi connectivity index (χ3v) is 7.56. The van der Waals surface area contributed by atoms with Gasteiger partial charge in [0.2, 0.25) is 0 Å². The van der Waals surface area contributed by atoms with Crippen LogP contribution >= 0.6 is 0 Å². The smallest absolute Gasteiger partial charge is 0.253 e. The number of aromatic amines is 1. The molecule has 1 aromatic carbocycles. The highest BCUT2D eigenvalue weighted by atomic mass is 16.2. The lowest BCUT2D eigenvalue weighted by atomic mass is 9.95. The first-order chi connectivity index (χ1) is 15.8. The maximum absolute atomic E-state index is 13.3. The SMILES string of the molecule is O=C(c1ccc2[nH]c3c(c2c1)CCCC3)N1CCN(Cc2nnc3n2CCCCC3)CC1. The lowest BCUT2D eigenvalue weighted by Crippen LogP contribution is -2.48. The maximum Gasteiger partial charge on any atom is 0.253 e. The van der Waals surface area contributed by atoms with E-state index in [4.69, 9.17) is 0 Å². The number of nitrogens with zero attached hydrogens (tertiary/aromatic N) is 5. The minimum absolute atomic E-state index is 0.161. The van der Waals surface area contributed by atoms with Gasteiger partial charge in [-0.3, -0.25) is 9.69 Å². The molecule has 1 aliphatic carbocycles. The monoisotopic (exact) mass is 432 g/mol. The molecule has 0 saturated carbocycles. The van der Waals surface area contributed by atoms with Gasteiger partial charge >= 0.3 is 0 Å². The minimum Gasteiger partial charge on any atom is -0.358 e. The molecule has 7 nitrogen and oxygen atoms in total. The summed E-state index contributed by atoms with van der Waals surface area (Å²) in [6, 6.07) is 6.20. The molecule has 1 fully saturated rings. The van der Waals surface area contributed by atoms with E-state index in [-0.39, 0.29) is 5.91 Å². The number of nitrogens with one attached hydrogen (secondary N) is 1. The van der Waals surface area contributed by atoms with Gasteiger partial charge in [0, 0.05) is 61.3 Å². The average Bonchev–Trinajstić information content (AvgIpc) is 3.30. The third-order valence-electron chi connectivity index (χ3n) is 7.56. The van der Waals surface area contributed by atoms with Gasteiger partial charge in [-0.1, -0.05) is 6.42 Å². The molecule has 0 unspecified atom stereocenters. The minimum atomic E-state index is 0.161. The van der Waals surface area contributed by atoms with Gasteiger partial charge in [-0.15, -0.1) is 10.2 Å². The van der Waals surface area contributed by atoms with Crippen LogP contribution in [0.2, 0.25) is 0 Å². The highest BCUT2D eigenvalue weighted by molar-refractivity contribution is 5.99. The van der Waals surface area contributed by atoms with Crippen LogP contribution in [0.15, 0.2) is 18.2 Å². The van der Waals surface area contributed by atoms with Crippen molar-refractivity contribution in [3.05, 3.63) is 46.7 Å². The first kappa shape index (κ1) is 20.0. The molecule has 2 aromatic heterocycles. The second-order valence-corrected chi connectivity index (χ2v) is 9.61. The number of fused-ring (bicyclic) bond motifs is 4. The van der Waals surface area contributed by atoms with Gasteiger partial charge in [0.25, 0.3) is 5.91 Å². The van der Waals surface area contributed by atoms with Crippen LogP contribution in [0.4, 0.5) is 0 Å². The Hall–Kier alpha value is -2.67. The fraction of sp³-hybridized carbons (Fsp3) is 0.560. The summed E-state index contributed by atoms with van der Waals surface area (Å²) in [7, 11) is 0. The number of piperazine rings is 1. The van der Waals surface area contributed by atoms with Crippen LogP contribution in [-0.4, -0.2) is 61.6 Å². The Morgan fingerprint density at radius 2 is 1.75 bits per heavy atom. The van der Waals surface area contributed by atoms with Gasteiger partial charge in [0.15, 0.2) is 0 Å². The maximum atomic E-state index is 13.3. The number of hydrogen-bond donors (Lipinski definition) is 1. The molecule has 0 radical (unpaired) electrons. The second-order valence-electron chi connectivity index (χ2n) is 9.61. The summed E-state index contributed by atoms with van der Waals surface area (Å²) < 4.78 is 2.33. The molecule has 168 valence electrons. The zero-order chi connectivity index (χ0) is 21.5. The number of aryl methyl sites for hydroxylation is 3. The molecule has 1 amide bonds. The third kappa shape index (κ3) is 3.62. The van der Waals surface area contributed by atoms with Crippen LogP contribution in [0.1, 0.15) is 65.4 Å². The van der Waals surface area contributed by atoms with Crippen LogP contribution in [0.3, 0.4) is 0 Å². The Kier molecular flexibility index (Phi) is 5.21. The van der Waals surface area contributed by atoms with E-state index in [1.54, 1.807) is 0 Å². The van der Waals surface area contributed by atoms with E-state index in [1.165, 1.54) is 54.3 Å². The predicted molar refractivity (Wildman–Crippen MR) is 124 cm³/mol. The first-order valence-electron chi connectivity index (χ1n) is 12.3. The van der Waals surface area contributed by atoms with Crippen molar-refractivity contribution in [2.45, 2.75) is 64.5 Å². The number of carbonyl (C=O) groups is 1. The Bertz CT molecular complexity index is 1140. The highest BCUT2D eigenvalue weighted by Crippen LogP contribution is 2.30. The molecule has 3 aromatic rings. The van der Waals surface area contributed by atoms with Crippen molar-refractivity contribution in [2.75, 3.05) is 26.2 Å². The molecule has 32 heavy (non-hydrogen) atoms. The molecule has 1 saturated heterocycles. The molecular formula is C25H32N6O. The van der Waals surface area contributed by atoms with E-state index in [2.05, 4.69) is 36.8 Å². The number of H-pyrrole nitrogens is 1. The van der Waals surface area contributed by atoms with Crippen molar-refractivity contribution in [3.8, 4) is 0 Å². The van der Waals surface area contributed by atoms with Crippen LogP contribution in [-0.2, 0) is 32.4 Å². The summed E-state index contributed by atoms with van der Waals surface area (Å²) in [5, 5.41) is 10.2. The Morgan fingerprint density at radius 3 is 2.66 bits per heavy atom. The van der Waals surface area contributed by atoms with Crippen molar-refractivity contribution < 1.29 is 4.79 Å². The number of rotatable bonds is 3. The molecule has 7 heteroatoms. The van der Waals surface area contributed by atoms with Gasteiger partial charge in [-0.2, -0.15) is 0 Å². The van der Waals surface area contributed by atoms with E-state index in [9.17, 15) is 4.79 Å². The normalized spacial score (nSPS) is 19.6. The van der Waals surface area contributed by atoms with E-state index in [0.717, 1.165) is 75.7 Å². The molecule has 0 spiro atoms. The van der Waals surface area contributed by atoms with E-state index >= 15 is 0 Å². The molecular weight excluding hydrogens is 400 g/mol. The summed E-state index contributed by atoms with van der Waals surface area (Å²) in [4.78, 5) is 21.3. The number of hydrogen-bond acceptors (Lipinski definition) is 4. The topological polar surface area (TPSA) is 70.1 Å². The standard InChI is InChI=1S/C25H32N6O/c32-25(18-9-10-22-20(16-18)19-6-3-4-7-21(19)26-22)30-14-12-29(13-15-30)17-24-28-27-23-8-2-1-5-11-31(23)24/h9-10,16,26H,1-8,11-15,17H2. The zero-order valence-electron chi connectivity index (χ0n) is 18.8. The Balaban J connectivity index is 1.12. The van der Waals surface area contributed by atoms with Gasteiger partial charge in [-0.25, -0.2) is 0 Å². The van der Waals surface area contributed by atoms with Crippen LogP contribution in [0, 0.1) is 0 Å². The molecule has 0 atom stereocenters. The van der Waals surface area contributed by atoms with Crippen molar-refractivity contribution in [1.82, 2.24) is 29.5 Å². The lowest BCUT2D eigenvalue weighted by molar-refractivity contribution is 0.0624. The molecule has 0 bridgehead atoms. The van der Waals surface area contributed by atoms with E-state index in [1.807, 2.05) is 11.0 Å². The van der Waals surface area contributed by atoms with Crippen molar-refractivity contribution in [3.63, 3.8) is 0 Å². The fourth-order valence-electron chi connectivity index (χ4n) is 5.69. The molecule has 6 rings (SSSR count). The lowest BCUT2D eigenvalue weighted by Gasteiger charge is -2.34. The number of aromatic nitrogens is 4. The van der Waals surface area contributed by atoms with Gasteiger partial charge in [-0.05, 0) is 62.3 Å². The summed E-state index contributed by atoms with van der Waals surface area (Å²) >= 11 is 0. The first-order valence-corrected chi connectivity index (χ1v) is 12.3. The highest BCUT2D eigenvalue weighted by Gasteiger charge is 2.25. The van der Waals surface area contributed by atoms with Crippen LogP contribution in [0.25, 0.3) is 10.9 Å². The van der Waals surface area contributed by atoms with Gasteiger partial charge in [0.05, 0.1) is 6.54 Å². The van der Waals surface area contributed by atoms with Crippen molar-refractivity contribution in [1.29, 1.82) is 0 Å². The fourth-order valence-corrected chi connectivity index (χ4v) is 5.69.